The summed E-state index contributed by atoms with van der Waals surface area (Å²) in [5.41, 5.74) is 5.25. The van der Waals surface area contributed by atoms with Crippen LogP contribution in [0.3, 0.4) is 0 Å². The Balaban J connectivity index is 1.67. The zero-order valence-electron chi connectivity index (χ0n) is 13.6. The molecule has 1 aliphatic rings. The van der Waals surface area contributed by atoms with Gasteiger partial charge < -0.3 is 9.88 Å². The monoisotopic (exact) mass is 394 g/mol. The van der Waals surface area contributed by atoms with Crippen LogP contribution >= 0.6 is 23.2 Å². The van der Waals surface area contributed by atoms with Gasteiger partial charge >= 0.3 is 0 Å². The first-order chi connectivity index (χ1) is 12.5. The van der Waals surface area contributed by atoms with Crippen LogP contribution in [-0.2, 0) is 4.79 Å². The lowest BCUT2D eigenvalue weighted by atomic mass is 10.1. The Morgan fingerprint density at radius 2 is 1.96 bits per heavy atom. The highest BCUT2D eigenvalue weighted by atomic mass is 35.5. The van der Waals surface area contributed by atoms with E-state index in [0.29, 0.717) is 30.1 Å². The van der Waals surface area contributed by atoms with Crippen LogP contribution in [0.5, 0.6) is 0 Å². The van der Waals surface area contributed by atoms with Crippen molar-refractivity contribution < 1.29 is 14.4 Å². The van der Waals surface area contributed by atoms with Gasteiger partial charge in [0.15, 0.2) is 0 Å². The van der Waals surface area contributed by atoms with Crippen LogP contribution in [-0.4, -0.2) is 40.2 Å². The third-order valence-corrected chi connectivity index (χ3v) is 4.68. The summed E-state index contributed by atoms with van der Waals surface area (Å²) in [6, 6.07) is 7.16. The number of aromatic amines is 1. The molecule has 2 heterocycles. The number of hydrogen-bond donors (Lipinski definition) is 3. The van der Waals surface area contributed by atoms with Gasteiger partial charge in [-0.05, 0) is 43.2 Å². The molecule has 0 radical (unpaired) electrons. The highest BCUT2D eigenvalue weighted by Gasteiger charge is 2.35. The summed E-state index contributed by atoms with van der Waals surface area (Å²) in [6.45, 7) is 0.421. The molecule has 1 fully saturated rings. The Morgan fingerprint density at radius 3 is 2.69 bits per heavy atom. The maximum absolute atomic E-state index is 12.8. The topological polar surface area (TPSA) is 94.3 Å². The molecule has 0 saturated carbocycles. The van der Waals surface area contributed by atoms with E-state index in [9.17, 15) is 14.4 Å². The predicted octanol–water partition coefficient (Wildman–Crippen LogP) is 2.39. The van der Waals surface area contributed by atoms with Crippen LogP contribution in [0, 0.1) is 0 Å². The molecule has 1 saturated heterocycles. The number of amides is 3. The molecule has 26 heavy (non-hydrogen) atoms. The minimum Gasteiger partial charge on any atom is -0.357 e. The molecule has 3 rings (SSSR count). The summed E-state index contributed by atoms with van der Waals surface area (Å²) in [6.07, 6.45) is 2.77. The van der Waals surface area contributed by atoms with Crippen molar-refractivity contribution in [2.24, 2.45) is 0 Å². The second-order valence-electron chi connectivity index (χ2n) is 5.81. The van der Waals surface area contributed by atoms with E-state index in [1.54, 1.807) is 30.5 Å². The lowest BCUT2D eigenvalue weighted by Gasteiger charge is -2.24. The highest BCUT2D eigenvalue weighted by Crippen LogP contribution is 2.26. The molecule has 3 N–H and O–H groups in total. The van der Waals surface area contributed by atoms with Gasteiger partial charge in [0.05, 0.1) is 10.6 Å². The summed E-state index contributed by atoms with van der Waals surface area (Å²) in [5.74, 6) is -1.31. The van der Waals surface area contributed by atoms with Crippen LogP contribution in [0.4, 0.5) is 0 Å². The molecular formula is C17H16Cl2N4O3. The quantitative estimate of drug-likeness (QED) is 0.697. The van der Waals surface area contributed by atoms with Gasteiger partial charge in [-0.1, -0.05) is 23.2 Å². The first kappa shape index (κ1) is 18.3. The average molecular weight is 395 g/mol. The van der Waals surface area contributed by atoms with E-state index in [1.165, 1.54) is 11.0 Å². The normalized spacial score (nSPS) is 16.4. The fourth-order valence-corrected chi connectivity index (χ4v) is 3.21. The van der Waals surface area contributed by atoms with E-state index in [2.05, 4.69) is 15.8 Å². The number of nitrogens with one attached hydrogen (secondary N) is 3. The number of hydrogen-bond acceptors (Lipinski definition) is 3. The summed E-state index contributed by atoms with van der Waals surface area (Å²) in [4.78, 5) is 41.2. The van der Waals surface area contributed by atoms with Crippen LogP contribution in [0.1, 0.15) is 33.7 Å². The molecule has 0 bridgehead atoms. The molecule has 2 aromatic rings. The Hall–Kier alpha value is -2.51. The van der Waals surface area contributed by atoms with Gasteiger partial charge in [-0.3, -0.25) is 25.2 Å². The van der Waals surface area contributed by atoms with Crippen molar-refractivity contribution in [1.82, 2.24) is 20.7 Å². The number of rotatable bonds is 3. The second-order valence-corrected chi connectivity index (χ2v) is 6.65. The van der Waals surface area contributed by atoms with E-state index < -0.39 is 17.9 Å². The standard InChI is InChI=1S/C17H16Cl2N4O3/c18-10-5-6-12(19)11(9-10)17(26)23-8-2-4-14(23)16(25)22-21-15(24)13-3-1-7-20-13/h1,3,5-7,9,14,20H,2,4,8H2,(H,21,24)(H,22,25). The van der Waals surface area contributed by atoms with Crippen molar-refractivity contribution in [3.8, 4) is 0 Å². The number of nitrogens with zero attached hydrogens (tertiary/aromatic N) is 1. The zero-order valence-corrected chi connectivity index (χ0v) is 15.1. The predicted molar refractivity (Wildman–Crippen MR) is 96.9 cm³/mol. The van der Waals surface area contributed by atoms with Gasteiger partial charge in [0.25, 0.3) is 17.7 Å². The number of likely N-dealkylation sites (tertiary alicyclic amines) is 1. The molecule has 1 unspecified atom stereocenters. The fourth-order valence-electron chi connectivity index (χ4n) is 2.84. The summed E-state index contributed by atoms with van der Waals surface area (Å²) in [5, 5.41) is 0.654. The molecule has 0 aliphatic carbocycles. The first-order valence-electron chi connectivity index (χ1n) is 7.97. The molecule has 9 heteroatoms. The van der Waals surface area contributed by atoms with E-state index in [-0.39, 0.29) is 16.5 Å². The van der Waals surface area contributed by atoms with Crippen molar-refractivity contribution in [3.05, 3.63) is 57.8 Å². The van der Waals surface area contributed by atoms with E-state index in [0.717, 1.165) is 0 Å². The Kier molecular flexibility index (Phi) is 5.49. The summed E-state index contributed by atoms with van der Waals surface area (Å²) >= 11 is 12.0. The van der Waals surface area contributed by atoms with Gasteiger partial charge in [0.2, 0.25) is 0 Å². The third-order valence-electron chi connectivity index (χ3n) is 4.12. The van der Waals surface area contributed by atoms with Crippen LogP contribution in [0.2, 0.25) is 10.0 Å². The number of carbonyl (C=O) groups excluding carboxylic acids is 3. The maximum atomic E-state index is 12.8. The smallest absolute Gasteiger partial charge is 0.286 e. The molecule has 3 amide bonds. The van der Waals surface area contributed by atoms with Crippen molar-refractivity contribution in [2.75, 3.05) is 6.54 Å². The van der Waals surface area contributed by atoms with Crippen molar-refractivity contribution in [1.29, 1.82) is 0 Å². The lowest BCUT2D eigenvalue weighted by molar-refractivity contribution is -0.125. The number of aromatic nitrogens is 1. The van der Waals surface area contributed by atoms with Gasteiger partial charge in [-0.25, -0.2) is 0 Å². The SMILES string of the molecule is O=C(NNC(=O)C1CCCN1C(=O)c1cc(Cl)ccc1Cl)c1ccc[nH]1. The first-order valence-corrected chi connectivity index (χ1v) is 8.72. The fraction of sp³-hybridized carbons (Fsp3) is 0.235. The molecule has 0 spiro atoms. The number of benzene rings is 1. The molecule has 7 nitrogen and oxygen atoms in total. The molecule has 1 aliphatic heterocycles. The van der Waals surface area contributed by atoms with Gasteiger partial charge in [0, 0.05) is 17.8 Å². The van der Waals surface area contributed by atoms with Crippen molar-refractivity contribution >= 4 is 40.9 Å². The molecular weight excluding hydrogens is 379 g/mol. The number of carbonyl (C=O) groups is 3. The Bertz CT molecular complexity index is 839. The molecule has 1 aromatic carbocycles. The molecule has 136 valence electrons. The van der Waals surface area contributed by atoms with Crippen LogP contribution < -0.4 is 10.9 Å². The van der Waals surface area contributed by atoms with E-state index in [4.69, 9.17) is 23.2 Å². The maximum Gasteiger partial charge on any atom is 0.286 e. The molecule has 1 atom stereocenters. The number of hydrazine groups is 1. The zero-order chi connectivity index (χ0) is 18.7. The van der Waals surface area contributed by atoms with Crippen LogP contribution in [0.25, 0.3) is 0 Å². The number of H-pyrrole nitrogens is 1. The minimum absolute atomic E-state index is 0.245. The minimum atomic E-state index is -0.693. The average Bonchev–Trinajstić information content (AvgIpc) is 3.32. The highest BCUT2D eigenvalue weighted by molar-refractivity contribution is 6.35. The molecule has 1 aromatic heterocycles. The van der Waals surface area contributed by atoms with E-state index >= 15 is 0 Å². The van der Waals surface area contributed by atoms with E-state index in [1.807, 2.05) is 0 Å². The second kappa shape index (κ2) is 7.80. The number of halogens is 2. The lowest BCUT2D eigenvalue weighted by Crippen LogP contribution is -2.51. The van der Waals surface area contributed by atoms with Crippen molar-refractivity contribution in [3.63, 3.8) is 0 Å². The third kappa shape index (κ3) is 3.84. The van der Waals surface area contributed by atoms with Crippen molar-refractivity contribution in [2.45, 2.75) is 18.9 Å². The summed E-state index contributed by atoms with van der Waals surface area (Å²) < 4.78 is 0. The summed E-state index contributed by atoms with van der Waals surface area (Å²) in [7, 11) is 0. The van der Waals surface area contributed by atoms with Crippen LogP contribution in [0.15, 0.2) is 36.5 Å². The van der Waals surface area contributed by atoms with Gasteiger partial charge in [0.1, 0.15) is 11.7 Å². The Morgan fingerprint density at radius 1 is 1.15 bits per heavy atom. The van der Waals surface area contributed by atoms with Gasteiger partial charge in [-0.15, -0.1) is 0 Å². The largest absolute Gasteiger partial charge is 0.357 e. The Labute approximate surface area is 159 Å². The van der Waals surface area contributed by atoms with Gasteiger partial charge in [-0.2, -0.15) is 0 Å².